The average molecular weight is 217 g/mol. The van der Waals surface area contributed by atoms with Crippen molar-refractivity contribution in [2.24, 2.45) is 0 Å². The predicted octanol–water partition coefficient (Wildman–Crippen LogP) is 1.17. The summed E-state index contributed by atoms with van der Waals surface area (Å²) in [5, 5.41) is 0.566. The van der Waals surface area contributed by atoms with Gasteiger partial charge in [0, 0.05) is 12.8 Å². The predicted molar refractivity (Wildman–Crippen MR) is 58.1 cm³/mol. The van der Waals surface area contributed by atoms with Crippen LogP contribution < -0.4 is 5.56 Å². The molecular formula is C11H11N3O2. The molecule has 1 aliphatic heterocycles. The number of hydrogen-bond donors (Lipinski definition) is 1. The lowest BCUT2D eigenvalue weighted by atomic mass is 10.2. The van der Waals surface area contributed by atoms with Gasteiger partial charge in [-0.15, -0.1) is 0 Å². The Bertz CT molecular complexity index is 573. The van der Waals surface area contributed by atoms with Gasteiger partial charge in [0.25, 0.3) is 5.56 Å². The van der Waals surface area contributed by atoms with Gasteiger partial charge in [-0.2, -0.15) is 0 Å². The van der Waals surface area contributed by atoms with Crippen LogP contribution in [0.15, 0.2) is 23.3 Å². The first-order valence-corrected chi connectivity index (χ1v) is 5.30. The Morgan fingerprint density at radius 1 is 1.50 bits per heavy atom. The number of aromatic amines is 1. The Labute approximate surface area is 91.5 Å². The molecule has 0 spiro atoms. The molecule has 1 fully saturated rings. The van der Waals surface area contributed by atoms with E-state index in [4.69, 9.17) is 4.74 Å². The minimum atomic E-state index is -0.127. The second-order valence-electron chi connectivity index (χ2n) is 3.85. The van der Waals surface area contributed by atoms with E-state index in [0.717, 1.165) is 19.4 Å². The Morgan fingerprint density at radius 3 is 3.25 bits per heavy atom. The van der Waals surface area contributed by atoms with Crippen molar-refractivity contribution in [3.63, 3.8) is 0 Å². The Balaban J connectivity index is 2.17. The lowest BCUT2D eigenvalue weighted by molar-refractivity contribution is 0.105. The molecule has 0 saturated carbocycles. The van der Waals surface area contributed by atoms with Crippen molar-refractivity contribution in [2.75, 3.05) is 6.61 Å². The molecule has 0 aromatic carbocycles. The van der Waals surface area contributed by atoms with Gasteiger partial charge in [0.2, 0.25) is 0 Å². The van der Waals surface area contributed by atoms with E-state index in [1.165, 1.54) is 0 Å². The van der Waals surface area contributed by atoms with Gasteiger partial charge in [0.1, 0.15) is 11.9 Å². The molecule has 5 nitrogen and oxygen atoms in total. The van der Waals surface area contributed by atoms with Crippen molar-refractivity contribution in [1.29, 1.82) is 0 Å². The first-order chi connectivity index (χ1) is 7.84. The number of hydrogen-bond acceptors (Lipinski definition) is 4. The zero-order valence-electron chi connectivity index (χ0n) is 8.64. The Kier molecular flexibility index (Phi) is 2.18. The lowest BCUT2D eigenvalue weighted by Gasteiger charge is -2.08. The summed E-state index contributed by atoms with van der Waals surface area (Å²) >= 11 is 0. The van der Waals surface area contributed by atoms with E-state index in [-0.39, 0.29) is 11.7 Å². The van der Waals surface area contributed by atoms with Crippen molar-refractivity contribution in [3.8, 4) is 0 Å². The fourth-order valence-corrected chi connectivity index (χ4v) is 1.95. The summed E-state index contributed by atoms with van der Waals surface area (Å²) in [5.41, 5.74) is 0.495. The fourth-order valence-electron chi connectivity index (χ4n) is 1.95. The number of pyridine rings is 1. The molecule has 1 atom stereocenters. The van der Waals surface area contributed by atoms with Crippen molar-refractivity contribution in [3.05, 3.63) is 34.6 Å². The molecule has 3 heterocycles. The van der Waals surface area contributed by atoms with Crippen molar-refractivity contribution in [2.45, 2.75) is 18.9 Å². The molecule has 3 rings (SSSR count). The summed E-state index contributed by atoms with van der Waals surface area (Å²) < 4.78 is 5.49. The molecule has 0 aliphatic carbocycles. The molecule has 1 unspecified atom stereocenters. The van der Waals surface area contributed by atoms with Crippen LogP contribution in [-0.4, -0.2) is 21.6 Å². The zero-order chi connectivity index (χ0) is 11.0. The van der Waals surface area contributed by atoms with Gasteiger partial charge in [-0.05, 0) is 18.9 Å². The van der Waals surface area contributed by atoms with Crippen LogP contribution in [0.1, 0.15) is 24.8 Å². The largest absolute Gasteiger partial charge is 0.370 e. The highest BCUT2D eigenvalue weighted by Gasteiger charge is 2.20. The molecule has 2 aromatic rings. The summed E-state index contributed by atoms with van der Waals surface area (Å²) in [4.78, 5) is 22.9. The molecule has 1 aliphatic rings. The van der Waals surface area contributed by atoms with Gasteiger partial charge in [-0.3, -0.25) is 9.78 Å². The van der Waals surface area contributed by atoms with E-state index in [0.29, 0.717) is 16.7 Å². The molecule has 0 bridgehead atoms. The van der Waals surface area contributed by atoms with Gasteiger partial charge >= 0.3 is 0 Å². The van der Waals surface area contributed by atoms with E-state index < -0.39 is 0 Å². The molecule has 16 heavy (non-hydrogen) atoms. The normalized spacial score (nSPS) is 20.4. The number of nitrogens with one attached hydrogen (secondary N) is 1. The fraction of sp³-hybridized carbons (Fsp3) is 0.364. The van der Waals surface area contributed by atoms with E-state index in [1.807, 2.05) is 0 Å². The third-order valence-corrected chi connectivity index (χ3v) is 2.76. The molecule has 0 amide bonds. The van der Waals surface area contributed by atoms with Crippen LogP contribution >= 0.6 is 0 Å². The molecule has 0 radical (unpaired) electrons. The Morgan fingerprint density at radius 2 is 2.44 bits per heavy atom. The third-order valence-electron chi connectivity index (χ3n) is 2.76. The van der Waals surface area contributed by atoms with Crippen LogP contribution in [-0.2, 0) is 4.74 Å². The van der Waals surface area contributed by atoms with Crippen molar-refractivity contribution in [1.82, 2.24) is 15.0 Å². The number of fused-ring (bicyclic) bond motifs is 1. The Hall–Kier alpha value is -1.75. The second kappa shape index (κ2) is 3.68. The van der Waals surface area contributed by atoms with E-state index >= 15 is 0 Å². The smallest absolute Gasteiger partial charge is 0.258 e. The summed E-state index contributed by atoms with van der Waals surface area (Å²) in [6, 6.07) is 1.67. The molecule has 82 valence electrons. The molecule has 1 N–H and O–H groups in total. The monoisotopic (exact) mass is 217 g/mol. The first kappa shape index (κ1) is 9.47. The number of H-pyrrole nitrogens is 1. The maximum Gasteiger partial charge on any atom is 0.258 e. The number of nitrogens with zero attached hydrogens (tertiary/aromatic N) is 2. The summed E-state index contributed by atoms with van der Waals surface area (Å²) in [7, 11) is 0. The summed E-state index contributed by atoms with van der Waals surface area (Å²) in [6.07, 6.45) is 5.04. The number of aromatic nitrogens is 3. The van der Waals surface area contributed by atoms with E-state index in [1.54, 1.807) is 18.5 Å². The zero-order valence-corrected chi connectivity index (χ0v) is 8.64. The van der Waals surface area contributed by atoms with E-state index in [9.17, 15) is 4.79 Å². The minimum Gasteiger partial charge on any atom is -0.370 e. The number of ether oxygens (including phenoxy) is 1. The van der Waals surface area contributed by atoms with Gasteiger partial charge in [-0.1, -0.05) is 0 Å². The molecule has 2 aromatic heterocycles. The molecule has 1 saturated heterocycles. The SMILES string of the molecule is O=c1[nH]c(C2CCCO2)nc2cnccc12. The standard InChI is InChI=1S/C11H11N3O2/c15-11-7-3-4-12-6-8(7)13-10(14-11)9-2-1-5-16-9/h3-4,6,9H,1-2,5H2,(H,13,14,15). The van der Waals surface area contributed by atoms with Crippen LogP contribution in [0.5, 0.6) is 0 Å². The highest BCUT2D eigenvalue weighted by Crippen LogP contribution is 2.25. The van der Waals surface area contributed by atoms with Gasteiger partial charge in [-0.25, -0.2) is 4.98 Å². The van der Waals surface area contributed by atoms with Crippen LogP contribution in [0.25, 0.3) is 10.9 Å². The van der Waals surface area contributed by atoms with Gasteiger partial charge in [0.15, 0.2) is 0 Å². The van der Waals surface area contributed by atoms with Crippen LogP contribution in [0.3, 0.4) is 0 Å². The maximum absolute atomic E-state index is 11.8. The third kappa shape index (κ3) is 1.49. The van der Waals surface area contributed by atoms with Crippen molar-refractivity contribution < 1.29 is 4.74 Å². The van der Waals surface area contributed by atoms with Gasteiger partial charge in [0.05, 0.1) is 17.1 Å². The topological polar surface area (TPSA) is 67.9 Å². The van der Waals surface area contributed by atoms with Gasteiger partial charge < -0.3 is 9.72 Å². The van der Waals surface area contributed by atoms with Crippen molar-refractivity contribution >= 4 is 10.9 Å². The summed E-state index contributed by atoms with van der Waals surface area (Å²) in [6.45, 7) is 0.736. The van der Waals surface area contributed by atoms with Crippen LogP contribution in [0, 0.1) is 0 Å². The highest BCUT2D eigenvalue weighted by molar-refractivity contribution is 5.75. The quantitative estimate of drug-likeness (QED) is 0.778. The average Bonchev–Trinajstić information content (AvgIpc) is 2.82. The lowest BCUT2D eigenvalue weighted by Crippen LogP contribution is -2.14. The van der Waals surface area contributed by atoms with E-state index in [2.05, 4.69) is 15.0 Å². The maximum atomic E-state index is 11.8. The molecule has 5 heteroatoms. The number of rotatable bonds is 1. The first-order valence-electron chi connectivity index (χ1n) is 5.30. The second-order valence-corrected chi connectivity index (χ2v) is 3.85. The molecular weight excluding hydrogens is 206 g/mol. The highest BCUT2D eigenvalue weighted by atomic mass is 16.5. The van der Waals surface area contributed by atoms with Crippen LogP contribution in [0.4, 0.5) is 0 Å². The van der Waals surface area contributed by atoms with Crippen LogP contribution in [0.2, 0.25) is 0 Å². The minimum absolute atomic E-state index is 0.0719. The summed E-state index contributed by atoms with van der Waals surface area (Å²) in [5.74, 6) is 0.614.